The highest BCUT2D eigenvalue weighted by Crippen LogP contribution is 2.19. The molecule has 14 heavy (non-hydrogen) atoms. The lowest BCUT2D eigenvalue weighted by Crippen LogP contribution is -2.48. The molecule has 1 heterocycles. The Morgan fingerprint density at radius 3 is 2.86 bits per heavy atom. The van der Waals surface area contributed by atoms with E-state index in [0.29, 0.717) is 12.1 Å². The van der Waals surface area contributed by atoms with Gasteiger partial charge in [0.15, 0.2) is 0 Å². The third-order valence-corrected chi connectivity index (χ3v) is 3.19. The number of likely N-dealkylation sites (tertiary alicyclic amines) is 1. The minimum Gasteiger partial charge on any atom is -0.381 e. The lowest BCUT2D eigenvalue weighted by molar-refractivity contribution is 0.0130. The van der Waals surface area contributed by atoms with Crippen LogP contribution in [0.2, 0.25) is 0 Å². The van der Waals surface area contributed by atoms with E-state index < -0.39 is 0 Å². The summed E-state index contributed by atoms with van der Waals surface area (Å²) in [4.78, 5) is 2.53. The first-order valence-electron chi connectivity index (χ1n) is 5.78. The average molecular weight is 200 g/mol. The maximum Gasteiger partial charge on any atom is 0.0599 e. The Labute approximate surface area is 87.6 Å². The topological polar surface area (TPSA) is 38.5 Å². The van der Waals surface area contributed by atoms with E-state index in [1.165, 1.54) is 19.4 Å². The number of methoxy groups -OCH3 is 1. The van der Waals surface area contributed by atoms with Gasteiger partial charge in [-0.05, 0) is 25.8 Å². The van der Waals surface area contributed by atoms with E-state index in [0.717, 1.165) is 25.9 Å². The summed E-state index contributed by atoms with van der Waals surface area (Å²) in [5.74, 6) is 0. The van der Waals surface area contributed by atoms with Crippen LogP contribution in [0.1, 0.15) is 32.6 Å². The van der Waals surface area contributed by atoms with E-state index in [2.05, 4.69) is 11.8 Å². The zero-order chi connectivity index (χ0) is 10.4. The first kappa shape index (κ1) is 12.0. The van der Waals surface area contributed by atoms with E-state index in [4.69, 9.17) is 10.5 Å². The van der Waals surface area contributed by atoms with Crippen LogP contribution in [-0.2, 0) is 4.74 Å². The van der Waals surface area contributed by atoms with Crippen LogP contribution in [0.25, 0.3) is 0 Å². The zero-order valence-corrected chi connectivity index (χ0v) is 9.54. The second kappa shape index (κ2) is 6.38. The predicted molar refractivity (Wildman–Crippen MR) is 59.4 cm³/mol. The number of ether oxygens (including phenoxy) is 1. The highest BCUT2D eigenvalue weighted by molar-refractivity contribution is 4.82. The molecular formula is C11H24N2O. The Bertz CT molecular complexity index is 152. The third-order valence-electron chi connectivity index (χ3n) is 3.19. The largest absolute Gasteiger partial charge is 0.381 e. The molecule has 2 unspecified atom stereocenters. The fourth-order valence-electron chi connectivity index (χ4n) is 2.18. The summed E-state index contributed by atoms with van der Waals surface area (Å²) in [5, 5.41) is 0. The standard InChI is InChI=1S/C11H24N2O/c1-3-4-6-13-7-5-11(14-2)8-10(13)9-12/h10-11H,3-9,12H2,1-2H3. The van der Waals surface area contributed by atoms with Crippen molar-refractivity contribution in [3.05, 3.63) is 0 Å². The summed E-state index contributed by atoms with van der Waals surface area (Å²) in [6.07, 6.45) is 5.25. The van der Waals surface area contributed by atoms with Gasteiger partial charge in [0.1, 0.15) is 0 Å². The number of hydrogen-bond acceptors (Lipinski definition) is 3. The maximum absolute atomic E-state index is 5.79. The molecule has 0 saturated carbocycles. The molecule has 84 valence electrons. The highest BCUT2D eigenvalue weighted by Gasteiger charge is 2.26. The number of rotatable bonds is 5. The van der Waals surface area contributed by atoms with Gasteiger partial charge in [-0.15, -0.1) is 0 Å². The molecule has 2 atom stereocenters. The highest BCUT2D eigenvalue weighted by atomic mass is 16.5. The van der Waals surface area contributed by atoms with Crippen molar-refractivity contribution in [1.29, 1.82) is 0 Å². The summed E-state index contributed by atoms with van der Waals surface area (Å²) < 4.78 is 5.39. The monoisotopic (exact) mass is 200 g/mol. The Kier molecular flexibility index (Phi) is 5.45. The van der Waals surface area contributed by atoms with E-state index in [1.54, 1.807) is 7.11 Å². The molecule has 1 aliphatic rings. The van der Waals surface area contributed by atoms with Crippen molar-refractivity contribution >= 4 is 0 Å². The lowest BCUT2D eigenvalue weighted by atomic mass is 9.99. The first-order chi connectivity index (χ1) is 6.81. The van der Waals surface area contributed by atoms with Crippen LogP contribution >= 0.6 is 0 Å². The molecule has 0 aliphatic carbocycles. The van der Waals surface area contributed by atoms with E-state index in [1.807, 2.05) is 0 Å². The lowest BCUT2D eigenvalue weighted by Gasteiger charge is -2.38. The van der Waals surface area contributed by atoms with Gasteiger partial charge >= 0.3 is 0 Å². The molecule has 3 nitrogen and oxygen atoms in total. The van der Waals surface area contributed by atoms with Crippen LogP contribution in [0, 0.1) is 0 Å². The van der Waals surface area contributed by atoms with E-state index >= 15 is 0 Å². The van der Waals surface area contributed by atoms with Crippen LogP contribution in [0.3, 0.4) is 0 Å². The molecule has 0 amide bonds. The number of nitrogens with zero attached hydrogens (tertiary/aromatic N) is 1. The van der Waals surface area contributed by atoms with Crippen molar-refractivity contribution in [2.45, 2.75) is 44.8 Å². The second-order valence-electron chi connectivity index (χ2n) is 4.16. The molecule has 0 radical (unpaired) electrons. The average Bonchev–Trinajstić information content (AvgIpc) is 2.26. The van der Waals surface area contributed by atoms with Crippen LogP contribution in [0.4, 0.5) is 0 Å². The van der Waals surface area contributed by atoms with E-state index in [9.17, 15) is 0 Å². The van der Waals surface area contributed by atoms with Crippen LogP contribution in [-0.4, -0.2) is 43.8 Å². The van der Waals surface area contributed by atoms with Crippen molar-refractivity contribution in [3.8, 4) is 0 Å². The molecule has 2 N–H and O–H groups in total. The Balaban J connectivity index is 2.35. The molecule has 3 heteroatoms. The Morgan fingerprint density at radius 1 is 1.50 bits per heavy atom. The smallest absolute Gasteiger partial charge is 0.0599 e. The van der Waals surface area contributed by atoms with Gasteiger partial charge in [-0.3, -0.25) is 4.90 Å². The molecule has 1 fully saturated rings. The van der Waals surface area contributed by atoms with E-state index in [-0.39, 0.29) is 0 Å². The summed E-state index contributed by atoms with van der Waals surface area (Å²) in [6, 6.07) is 0.542. The van der Waals surface area contributed by atoms with Crippen molar-refractivity contribution < 1.29 is 4.74 Å². The van der Waals surface area contributed by atoms with Crippen molar-refractivity contribution in [2.75, 3.05) is 26.7 Å². The van der Waals surface area contributed by atoms with Gasteiger partial charge in [-0.1, -0.05) is 13.3 Å². The molecule has 1 aliphatic heterocycles. The predicted octanol–water partition coefficient (Wildman–Crippen LogP) is 1.22. The van der Waals surface area contributed by atoms with Gasteiger partial charge in [-0.25, -0.2) is 0 Å². The number of hydrogen-bond donors (Lipinski definition) is 1. The molecule has 0 aromatic rings. The zero-order valence-electron chi connectivity index (χ0n) is 9.54. The van der Waals surface area contributed by atoms with Gasteiger partial charge in [0.2, 0.25) is 0 Å². The van der Waals surface area contributed by atoms with Gasteiger partial charge in [0, 0.05) is 26.2 Å². The van der Waals surface area contributed by atoms with Gasteiger partial charge in [0.25, 0.3) is 0 Å². The third kappa shape index (κ3) is 3.23. The molecule has 0 aromatic heterocycles. The van der Waals surface area contributed by atoms with Crippen LogP contribution < -0.4 is 5.73 Å². The number of nitrogens with two attached hydrogens (primary N) is 1. The molecule has 0 aromatic carbocycles. The molecule has 1 saturated heterocycles. The quantitative estimate of drug-likeness (QED) is 0.725. The van der Waals surface area contributed by atoms with Gasteiger partial charge in [0.05, 0.1) is 6.10 Å². The fourth-order valence-corrected chi connectivity index (χ4v) is 2.18. The van der Waals surface area contributed by atoms with Crippen LogP contribution in [0.5, 0.6) is 0 Å². The summed E-state index contributed by atoms with van der Waals surface area (Å²) in [6.45, 7) is 5.36. The second-order valence-corrected chi connectivity index (χ2v) is 4.16. The Hall–Kier alpha value is -0.120. The molecule has 1 rings (SSSR count). The van der Waals surface area contributed by atoms with Crippen LogP contribution in [0.15, 0.2) is 0 Å². The SMILES string of the molecule is CCCCN1CCC(OC)CC1CN. The Morgan fingerprint density at radius 2 is 2.29 bits per heavy atom. The number of piperidine rings is 1. The van der Waals surface area contributed by atoms with Crippen molar-refractivity contribution in [1.82, 2.24) is 4.90 Å². The molecule has 0 bridgehead atoms. The first-order valence-corrected chi connectivity index (χ1v) is 5.78. The minimum absolute atomic E-state index is 0.432. The van der Waals surface area contributed by atoms with Crippen molar-refractivity contribution in [3.63, 3.8) is 0 Å². The maximum atomic E-state index is 5.79. The normalized spacial score (nSPS) is 29.4. The fraction of sp³-hybridized carbons (Fsp3) is 1.00. The number of unbranched alkanes of at least 4 members (excludes halogenated alkanes) is 1. The van der Waals surface area contributed by atoms with Crippen molar-refractivity contribution in [2.24, 2.45) is 5.73 Å². The van der Waals surface area contributed by atoms with Gasteiger partial charge in [-0.2, -0.15) is 0 Å². The summed E-state index contributed by atoms with van der Waals surface area (Å²) in [5.41, 5.74) is 5.79. The van der Waals surface area contributed by atoms with Gasteiger partial charge < -0.3 is 10.5 Å². The summed E-state index contributed by atoms with van der Waals surface area (Å²) in [7, 11) is 1.81. The molecular weight excluding hydrogens is 176 g/mol. The molecule has 0 spiro atoms. The summed E-state index contributed by atoms with van der Waals surface area (Å²) >= 11 is 0. The minimum atomic E-state index is 0.432.